The average molecular weight is 383 g/mol. The van der Waals surface area contributed by atoms with E-state index in [0.717, 1.165) is 5.56 Å². The molecule has 136 valence electrons. The highest BCUT2D eigenvalue weighted by atomic mass is 32.2. The molecule has 0 aliphatic rings. The molecule has 0 saturated carbocycles. The summed E-state index contributed by atoms with van der Waals surface area (Å²) in [6.07, 6.45) is 0. The third kappa shape index (κ3) is 5.55. The molecule has 0 saturated heterocycles. The molecule has 0 bridgehead atoms. The number of benzene rings is 2. The van der Waals surface area contributed by atoms with Gasteiger partial charge in [0, 0.05) is 5.69 Å². The van der Waals surface area contributed by atoms with E-state index in [0.29, 0.717) is 11.3 Å². The third-order valence-corrected chi connectivity index (χ3v) is 5.74. The van der Waals surface area contributed by atoms with Crippen molar-refractivity contribution < 1.29 is 16.8 Å². The number of nitrogens with one attached hydrogen (secondary N) is 1. The van der Waals surface area contributed by atoms with Crippen molar-refractivity contribution >= 4 is 25.7 Å². The second-order valence-electron chi connectivity index (χ2n) is 6.88. The molecular formula is C17H22N2O4S2. The summed E-state index contributed by atoms with van der Waals surface area (Å²) in [5, 5.41) is 4.99. The molecule has 2 rings (SSSR count). The SMILES string of the molecule is CC(C)(C)c1ccc(S(=O)(=O)Nc2ccc(CS(N)(=O)=O)cc2)cc1. The maximum atomic E-state index is 12.4. The zero-order valence-electron chi connectivity index (χ0n) is 14.4. The van der Waals surface area contributed by atoms with Crippen LogP contribution in [0.4, 0.5) is 5.69 Å². The fourth-order valence-electron chi connectivity index (χ4n) is 2.25. The van der Waals surface area contributed by atoms with E-state index in [1.54, 1.807) is 24.3 Å². The summed E-state index contributed by atoms with van der Waals surface area (Å²) in [7, 11) is -7.34. The van der Waals surface area contributed by atoms with E-state index in [1.165, 1.54) is 24.3 Å². The van der Waals surface area contributed by atoms with E-state index in [-0.39, 0.29) is 16.1 Å². The number of hydrogen-bond acceptors (Lipinski definition) is 4. The summed E-state index contributed by atoms with van der Waals surface area (Å²) in [6.45, 7) is 6.16. The van der Waals surface area contributed by atoms with Gasteiger partial charge in [0.1, 0.15) is 0 Å². The lowest BCUT2D eigenvalue weighted by atomic mass is 9.87. The van der Waals surface area contributed by atoms with Gasteiger partial charge in [0.05, 0.1) is 10.6 Å². The second-order valence-corrected chi connectivity index (χ2v) is 10.2. The summed E-state index contributed by atoms with van der Waals surface area (Å²) >= 11 is 0. The highest BCUT2D eigenvalue weighted by Crippen LogP contribution is 2.24. The molecule has 0 fully saturated rings. The Hall–Kier alpha value is -1.90. The quantitative estimate of drug-likeness (QED) is 0.829. The van der Waals surface area contributed by atoms with Crippen LogP contribution in [0.3, 0.4) is 0 Å². The summed E-state index contributed by atoms with van der Waals surface area (Å²) in [5.74, 6) is -0.297. The van der Waals surface area contributed by atoms with Crippen LogP contribution in [0.25, 0.3) is 0 Å². The van der Waals surface area contributed by atoms with E-state index >= 15 is 0 Å². The van der Waals surface area contributed by atoms with E-state index in [2.05, 4.69) is 25.5 Å². The van der Waals surface area contributed by atoms with Crippen LogP contribution in [-0.4, -0.2) is 16.8 Å². The number of hydrogen-bond donors (Lipinski definition) is 2. The van der Waals surface area contributed by atoms with Crippen LogP contribution in [0.5, 0.6) is 0 Å². The minimum absolute atomic E-state index is 0.0606. The molecule has 0 spiro atoms. The first-order valence-corrected chi connectivity index (χ1v) is 10.8. The molecule has 25 heavy (non-hydrogen) atoms. The van der Waals surface area contributed by atoms with Crippen molar-refractivity contribution in [2.24, 2.45) is 5.14 Å². The molecule has 0 radical (unpaired) electrons. The summed E-state index contributed by atoms with van der Waals surface area (Å²) in [4.78, 5) is 0.161. The molecule has 0 atom stereocenters. The predicted molar refractivity (Wildman–Crippen MR) is 99.2 cm³/mol. The van der Waals surface area contributed by atoms with Crippen LogP contribution in [0.2, 0.25) is 0 Å². The zero-order valence-corrected chi connectivity index (χ0v) is 16.0. The Morgan fingerprint density at radius 3 is 1.84 bits per heavy atom. The van der Waals surface area contributed by atoms with Crippen molar-refractivity contribution in [2.45, 2.75) is 36.8 Å². The molecule has 2 aromatic carbocycles. The van der Waals surface area contributed by atoms with Gasteiger partial charge in [0.2, 0.25) is 10.0 Å². The third-order valence-electron chi connectivity index (χ3n) is 3.60. The Morgan fingerprint density at radius 2 is 1.40 bits per heavy atom. The number of rotatable bonds is 5. The summed E-state index contributed by atoms with van der Waals surface area (Å²) < 4.78 is 49.5. The van der Waals surface area contributed by atoms with Crippen LogP contribution >= 0.6 is 0 Å². The van der Waals surface area contributed by atoms with Gasteiger partial charge in [-0.05, 0) is 40.8 Å². The first-order valence-electron chi connectivity index (χ1n) is 7.60. The van der Waals surface area contributed by atoms with Gasteiger partial charge in [-0.1, -0.05) is 45.0 Å². The van der Waals surface area contributed by atoms with Crippen molar-refractivity contribution in [3.63, 3.8) is 0 Å². The Labute approximate surface area is 149 Å². The Balaban J connectivity index is 2.18. The molecule has 0 aliphatic carbocycles. The number of primary sulfonamides is 1. The van der Waals surface area contributed by atoms with Gasteiger partial charge >= 0.3 is 0 Å². The first kappa shape index (κ1) is 19.4. The van der Waals surface area contributed by atoms with Crippen LogP contribution in [0.15, 0.2) is 53.4 Å². The second kappa shape index (κ2) is 6.78. The minimum atomic E-state index is -3.72. The van der Waals surface area contributed by atoms with E-state index in [4.69, 9.17) is 5.14 Å². The summed E-state index contributed by atoms with van der Waals surface area (Å²) in [5.41, 5.74) is 1.81. The van der Waals surface area contributed by atoms with E-state index < -0.39 is 20.0 Å². The molecule has 0 unspecified atom stereocenters. The Bertz CT molecular complexity index is 941. The first-order chi connectivity index (χ1) is 11.4. The van der Waals surface area contributed by atoms with E-state index in [9.17, 15) is 16.8 Å². The van der Waals surface area contributed by atoms with E-state index in [1.807, 2.05) is 0 Å². The van der Waals surface area contributed by atoms with Gasteiger partial charge in [0.25, 0.3) is 10.0 Å². The largest absolute Gasteiger partial charge is 0.280 e. The Kier molecular flexibility index (Phi) is 5.27. The number of anilines is 1. The number of sulfonamides is 2. The average Bonchev–Trinajstić information content (AvgIpc) is 2.47. The molecule has 0 aliphatic heterocycles. The van der Waals surface area contributed by atoms with Gasteiger partial charge in [-0.25, -0.2) is 22.0 Å². The minimum Gasteiger partial charge on any atom is -0.280 e. The van der Waals surface area contributed by atoms with Crippen molar-refractivity contribution in [1.29, 1.82) is 0 Å². The lowest BCUT2D eigenvalue weighted by Crippen LogP contribution is -2.15. The van der Waals surface area contributed by atoms with Gasteiger partial charge < -0.3 is 0 Å². The fraction of sp³-hybridized carbons (Fsp3) is 0.294. The van der Waals surface area contributed by atoms with Gasteiger partial charge in [-0.15, -0.1) is 0 Å². The van der Waals surface area contributed by atoms with Crippen LogP contribution in [-0.2, 0) is 31.2 Å². The van der Waals surface area contributed by atoms with Crippen LogP contribution in [0, 0.1) is 0 Å². The molecule has 0 amide bonds. The molecule has 3 N–H and O–H groups in total. The normalized spacial score (nSPS) is 12.8. The molecule has 8 heteroatoms. The van der Waals surface area contributed by atoms with Crippen LogP contribution in [0.1, 0.15) is 31.9 Å². The van der Waals surface area contributed by atoms with Gasteiger partial charge in [0.15, 0.2) is 0 Å². The summed E-state index contributed by atoms with van der Waals surface area (Å²) in [6, 6.07) is 12.8. The lowest BCUT2D eigenvalue weighted by Gasteiger charge is -2.19. The highest BCUT2D eigenvalue weighted by molar-refractivity contribution is 7.92. The van der Waals surface area contributed by atoms with Crippen molar-refractivity contribution in [3.05, 3.63) is 59.7 Å². The standard InChI is InChI=1S/C17H22N2O4S2/c1-17(2,3)14-6-10-16(11-7-14)25(22,23)19-15-8-4-13(5-9-15)12-24(18,20)21/h4-11,19H,12H2,1-3H3,(H2,18,20,21). The van der Waals surface area contributed by atoms with Gasteiger partial charge in [-0.2, -0.15) is 0 Å². The Morgan fingerprint density at radius 1 is 0.880 bits per heavy atom. The fourth-order valence-corrected chi connectivity index (χ4v) is 3.97. The number of nitrogens with two attached hydrogens (primary N) is 1. The maximum Gasteiger partial charge on any atom is 0.261 e. The topological polar surface area (TPSA) is 106 Å². The van der Waals surface area contributed by atoms with Gasteiger partial charge in [-0.3, -0.25) is 4.72 Å². The molecule has 2 aromatic rings. The zero-order chi connectivity index (χ0) is 18.9. The van der Waals surface area contributed by atoms with Crippen molar-refractivity contribution in [1.82, 2.24) is 0 Å². The maximum absolute atomic E-state index is 12.4. The smallest absolute Gasteiger partial charge is 0.261 e. The molecule has 6 nitrogen and oxygen atoms in total. The lowest BCUT2D eigenvalue weighted by molar-refractivity contribution is 0.587. The molecule has 0 aromatic heterocycles. The highest BCUT2D eigenvalue weighted by Gasteiger charge is 2.17. The van der Waals surface area contributed by atoms with Crippen molar-refractivity contribution in [3.8, 4) is 0 Å². The predicted octanol–water partition coefficient (Wildman–Crippen LogP) is 2.57. The monoisotopic (exact) mass is 382 g/mol. The molecular weight excluding hydrogens is 360 g/mol. The van der Waals surface area contributed by atoms with Crippen molar-refractivity contribution in [2.75, 3.05) is 4.72 Å². The molecule has 0 heterocycles. The van der Waals surface area contributed by atoms with Crippen LogP contribution < -0.4 is 9.86 Å².